The molecule has 0 aliphatic rings. The number of benzene rings is 1. The van der Waals surface area contributed by atoms with Crippen molar-refractivity contribution in [2.75, 3.05) is 6.26 Å². The SMILES string of the molecule is CSc1c(F)cc([N+](=O)[O-])cc1Br. The molecule has 0 radical (unpaired) electrons. The van der Waals surface area contributed by atoms with Gasteiger partial charge in [-0.2, -0.15) is 0 Å². The van der Waals surface area contributed by atoms with Crippen LogP contribution in [0, 0.1) is 15.9 Å². The quantitative estimate of drug-likeness (QED) is 0.469. The molecule has 0 aliphatic heterocycles. The second-order valence-corrected chi connectivity index (χ2v) is 3.87. The fourth-order valence-electron chi connectivity index (χ4n) is 0.847. The third kappa shape index (κ3) is 2.19. The van der Waals surface area contributed by atoms with Gasteiger partial charge in [0.2, 0.25) is 0 Å². The van der Waals surface area contributed by atoms with Gasteiger partial charge in [0, 0.05) is 10.5 Å². The summed E-state index contributed by atoms with van der Waals surface area (Å²) in [5, 5.41) is 10.3. The molecule has 0 fully saturated rings. The molecule has 13 heavy (non-hydrogen) atoms. The summed E-state index contributed by atoms with van der Waals surface area (Å²) >= 11 is 4.26. The van der Waals surface area contributed by atoms with Crippen molar-refractivity contribution in [1.82, 2.24) is 0 Å². The van der Waals surface area contributed by atoms with Crippen molar-refractivity contribution in [3.05, 3.63) is 32.5 Å². The van der Waals surface area contributed by atoms with Crippen molar-refractivity contribution < 1.29 is 9.31 Å². The highest BCUT2D eigenvalue weighted by Gasteiger charge is 2.14. The second kappa shape index (κ2) is 4.06. The van der Waals surface area contributed by atoms with E-state index >= 15 is 0 Å². The van der Waals surface area contributed by atoms with Crippen LogP contribution in [0.1, 0.15) is 0 Å². The molecule has 0 heterocycles. The Kier molecular flexibility index (Phi) is 3.27. The van der Waals surface area contributed by atoms with Crippen LogP contribution in [0.2, 0.25) is 0 Å². The van der Waals surface area contributed by atoms with Gasteiger partial charge >= 0.3 is 0 Å². The first-order chi connectivity index (χ1) is 6.06. The van der Waals surface area contributed by atoms with Crippen LogP contribution in [0.3, 0.4) is 0 Å². The van der Waals surface area contributed by atoms with E-state index in [-0.39, 0.29) is 5.69 Å². The predicted molar refractivity (Wildman–Crippen MR) is 52.5 cm³/mol. The van der Waals surface area contributed by atoms with Gasteiger partial charge in [0.25, 0.3) is 5.69 Å². The Bertz CT molecular complexity index is 335. The maximum absolute atomic E-state index is 13.1. The molecule has 0 aromatic heterocycles. The third-order valence-corrected chi connectivity index (χ3v) is 3.11. The standard InChI is InChI=1S/C7H5BrFNO2S/c1-13-7-5(8)2-4(10(11)12)3-6(7)9/h2-3H,1H3. The summed E-state index contributed by atoms with van der Waals surface area (Å²) in [6.07, 6.45) is 1.70. The number of halogens is 2. The lowest BCUT2D eigenvalue weighted by Gasteiger charge is -2.01. The van der Waals surface area contributed by atoms with E-state index in [4.69, 9.17) is 0 Å². The summed E-state index contributed by atoms with van der Waals surface area (Å²) in [5.74, 6) is -0.575. The molecule has 3 nitrogen and oxygen atoms in total. The molecule has 0 atom stereocenters. The van der Waals surface area contributed by atoms with Crippen molar-refractivity contribution in [2.45, 2.75) is 4.90 Å². The number of hydrogen-bond acceptors (Lipinski definition) is 3. The fourth-order valence-corrected chi connectivity index (χ4v) is 2.26. The van der Waals surface area contributed by atoms with Gasteiger partial charge in [0.05, 0.1) is 15.9 Å². The highest BCUT2D eigenvalue weighted by atomic mass is 79.9. The lowest BCUT2D eigenvalue weighted by atomic mass is 10.3. The molecule has 0 saturated carbocycles. The van der Waals surface area contributed by atoms with Crippen LogP contribution in [0.4, 0.5) is 10.1 Å². The minimum absolute atomic E-state index is 0.248. The summed E-state index contributed by atoms with van der Waals surface area (Å²) in [6, 6.07) is 2.20. The van der Waals surface area contributed by atoms with Gasteiger partial charge in [-0.3, -0.25) is 10.1 Å². The van der Waals surface area contributed by atoms with Gasteiger partial charge in [0.15, 0.2) is 0 Å². The first-order valence-corrected chi connectivity index (χ1v) is 5.25. The second-order valence-electron chi connectivity index (χ2n) is 2.20. The summed E-state index contributed by atoms with van der Waals surface area (Å²) in [4.78, 5) is 10.1. The largest absolute Gasteiger partial charge is 0.273 e. The van der Waals surface area contributed by atoms with Crippen LogP contribution in [0.25, 0.3) is 0 Å². The average Bonchev–Trinajstić information content (AvgIpc) is 2.03. The van der Waals surface area contributed by atoms with Gasteiger partial charge < -0.3 is 0 Å². The van der Waals surface area contributed by atoms with E-state index in [0.29, 0.717) is 9.37 Å². The summed E-state index contributed by atoms with van der Waals surface area (Å²) in [6.45, 7) is 0. The van der Waals surface area contributed by atoms with Crippen LogP contribution >= 0.6 is 27.7 Å². The number of nitrogens with zero attached hydrogens (tertiary/aromatic N) is 1. The fraction of sp³-hybridized carbons (Fsp3) is 0.143. The summed E-state index contributed by atoms with van der Waals surface area (Å²) < 4.78 is 13.5. The molecule has 0 spiro atoms. The number of non-ortho nitro benzene ring substituents is 1. The topological polar surface area (TPSA) is 43.1 Å². The molecule has 0 bridgehead atoms. The Balaban J connectivity index is 3.28. The molecule has 0 saturated heterocycles. The Morgan fingerprint density at radius 1 is 1.62 bits per heavy atom. The minimum atomic E-state index is -0.627. The monoisotopic (exact) mass is 265 g/mol. The smallest absolute Gasteiger partial charge is 0.258 e. The van der Waals surface area contributed by atoms with E-state index in [1.165, 1.54) is 17.8 Å². The maximum atomic E-state index is 13.1. The third-order valence-electron chi connectivity index (χ3n) is 1.40. The Morgan fingerprint density at radius 2 is 2.23 bits per heavy atom. The van der Waals surface area contributed by atoms with Crippen LogP contribution in [0.5, 0.6) is 0 Å². The molecule has 0 unspecified atom stereocenters. The molecule has 1 aromatic rings. The number of hydrogen-bond donors (Lipinski definition) is 0. The van der Waals surface area contributed by atoms with Crippen molar-refractivity contribution in [3.63, 3.8) is 0 Å². The van der Waals surface area contributed by atoms with Crippen LogP contribution in [-0.4, -0.2) is 11.2 Å². The van der Waals surface area contributed by atoms with Crippen molar-refractivity contribution in [1.29, 1.82) is 0 Å². The lowest BCUT2D eigenvalue weighted by molar-refractivity contribution is -0.385. The zero-order valence-corrected chi connectivity index (χ0v) is 8.99. The van der Waals surface area contributed by atoms with Gasteiger partial charge in [0.1, 0.15) is 5.82 Å². The number of rotatable bonds is 2. The van der Waals surface area contributed by atoms with Crippen molar-refractivity contribution in [2.24, 2.45) is 0 Å². The van der Waals surface area contributed by atoms with E-state index in [1.807, 2.05) is 0 Å². The van der Waals surface area contributed by atoms with Crippen LogP contribution in [0.15, 0.2) is 21.5 Å². The predicted octanol–water partition coefficient (Wildman–Crippen LogP) is 3.22. The maximum Gasteiger partial charge on any atom is 0.273 e. The zero-order chi connectivity index (χ0) is 10.0. The van der Waals surface area contributed by atoms with Crippen LogP contribution in [-0.2, 0) is 0 Å². The lowest BCUT2D eigenvalue weighted by Crippen LogP contribution is -1.91. The van der Waals surface area contributed by atoms with E-state index in [9.17, 15) is 14.5 Å². The Morgan fingerprint density at radius 3 is 2.62 bits per heavy atom. The Hall–Kier alpha value is -0.620. The molecule has 1 aromatic carbocycles. The molecule has 6 heteroatoms. The summed E-state index contributed by atoms with van der Waals surface area (Å²) in [7, 11) is 0. The normalized spacial score (nSPS) is 10.1. The zero-order valence-electron chi connectivity index (χ0n) is 6.58. The van der Waals surface area contributed by atoms with Gasteiger partial charge in [-0.1, -0.05) is 0 Å². The molecule has 70 valence electrons. The molecule has 0 N–H and O–H groups in total. The van der Waals surface area contributed by atoms with E-state index in [2.05, 4.69) is 15.9 Å². The molecule has 0 amide bonds. The summed E-state index contributed by atoms with van der Waals surface area (Å²) in [5.41, 5.74) is -0.248. The van der Waals surface area contributed by atoms with Gasteiger partial charge in [-0.05, 0) is 22.2 Å². The average molecular weight is 266 g/mol. The highest BCUT2D eigenvalue weighted by molar-refractivity contribution is 9.10. The first kappa shape index (κ1) is 10.5. The molecular weight excluding hydrogens is 261 g/mol. The highest BCUT2D eigenvalue weighted by Crippen LogP contribution is 2.32. The van der Waals surface area contributed by atoms with E-state index in [1.54, 1.807) is 6.26 Å². The van der Waals surface area contributed by atoms with Crippen molar-refractivity contribution in [3.8, 4) is 0 Å². The molecular formula is C7H5BrFNO2S. The van der Waals surface area contributed by atoms with Gasteiger partial charge in [-0.25, -0.2) is 4.39 Å². The molecule has 0 aliphatic carbocycles. The number of thioether (sulfide) groups is 1. The van der Waals surface area contributed by atoms with Crippen LogP contribution < -0.4 is 0 Å². The van der Waals surface area contributed by atoms with Crippen molar-refractivity contribution >= 4 is 33.4 Å². The molecule has 1 rings (SSSR count). The van der Waals surface area contributed by atoms with E-state index < -0.39 is 10.7 Å². The Labute approximate surface area is 86.6 Å². The first-order valence-electron chi connectivity index (χ1n) is 3.23. The van der Waals surface area contributed by atoms with E-state index in [0.717, 1.165) is 6.07 Å². The number of nitro benzene ring substituents is 1. The van der Waals surface area contributed by atoms with Gasteiger partial charge in [-0.15, -0.1) is 11.8 Å². The minimum Gasteiger partial charge on any atom is -0.258 e. The number of nitro groups is 1.